The molecule has 1 aliphatic rings. The number of amides is 1. The number of nitrogens with zero attached hydrogens (tertiary/aromatic N) is 2. The Hall–Kier alpha value is -3.05. The average molecular weight is 401 g/mol. The van der Waals surface area contributed by atoms with Crippen LogP contribution < -0.4 is 10.6 Å². The second-order valence-corrected chi connectivity index (χ2v) is 7.90. The highest BCUT2D eigenvalue weighted by Crippen LogP contribution is 2.20. The second kappa shape index (κ2) is 10.1. The molecule has 2 aromatic heterocycles. The summed E-state index contributed by atoms with van der Waals surface area (Å²) in [5, 5.41) is 6.57. The third-order valence-electron chi connectivity index (χ3n) is 5.60. The maximum atomic E-state index is 12.4. The molecule has 154 valence electrons. The smallest absolute Gasteiger partial charge is 0.253 e. The van der Waals surface area contributed by atoms with E-state index < -0.39 is 0 Å². The van der Waals surface area contributed by atoms with Crippen molar-refractivity contribution in [3.05, 3.63) is 83.8 Å². The molecule has 2 heterocycles. The Labute approximate surface area is 178 Å². The third kappa shape index (κ3) is 5.51. The summed E-state index contributed by atoms with van der Waals surface area (Å²) in [6.45, 7) is 1.59. The molecule has 1 aliphatic carbocycles. The lowest BCUT2D eigenvalue weighted by Crippen LogP contribution is -2.36. The summed E-state index contributed by atoms with van der Waals surface area (Å²) in [5.41, 5.74) is 4.93. The van der Waals surface area contributed by atoms with Crippen molar-refractivity contribution in [3.8, 4) is 11.3 Å². The van der Waals surface area contributed by atoms with Gasteiger partial charge in [0.25, 0.3) is 5.91 Å². The molecule has 2 N–H and O–H groups in total. The molecule has 5 heteroatoms. The molecule has 0 unspecified atom stereocenters. The highest BCUT2D eigenvalue weighted by Gasteiger charge is 2.16. The van der Waals surface area contributed by atoms with Crippen molar-refractivity contribution in [3.63, 3.8) is 0 Å². The first-order valence-corrected chi connectivity index (χ1v) is 10.7. The Morgan fingerprint density at radius 1 is 0.900 bits per heavy atom. The van der Waals surface area contributed by atoms with Gasteiger partial charge in [0.05, 0.1) is 11.3 Å². The number of hydrogen-bond donors (Lipinski definition) is 2. The monoisotopic (exact) mass is 400 g/mol. The number of rotatable bonds is 7. The molecular weight excluding hydrogens is 372 g/mol. The number of nitrogens with one attached hydrogen (secondary N) is 2. The van der Waals surface area contributed by atoms with E-state index in [1.807, 2.05) is 24.4 Å². The van der Waals surface area contributed by atoms with Gasteiger partial charge >= 0.3 is 0 Å². The summed E-state index contributed by atoms with van der Waals surface area (Å²) in [5.74, 6) is -0.0176. The summed E-state index contributed by atoms with van der Waals surface area (Å²) in [4.78, 5) is 21.1. The Morgan fingerprint density at radius 2 is 1.70 bits per heavy atom. The van der Waals surface area contributed by atoms with Crippen LogP contribution in [-0.2, 0) is 13.1 Å². The molecule has 0 atom stereocenters. The lowest BCUT2D eigenvalue weighted by Gasteiger charge is -2.22. The van der Waals surface area contributed by atoms with Gasteiger partial charge in [0.15, 0.2) is 0 Å². The van der Waals surface area contributed by atoms with Crippen LogP contribution in [0.25, 0.3) is 11.3 Å². The number of carbonyl (C=O) groups excluding carboxylic acids is 1. The summed E-state index contributed by atoms with van der Waals surface area (Å²) in [7, 11) is 0. The van der Waals surface area contributed by atoms with E-state index in [9.17, 15) is 4.79 Å². The van der Waals surface area contributed by atoms with Gasteiger partial charge in [-0.25, -0.2) is 0 Å². The summed E-state index contributed by atoms with van der Waals surface area (Å²) < 4.78 is 0. The van der Waals surface area contributed by atoms with Crippen LogP contribution in [0.15, 0.2) is 67.1 Å². The molecule has 0 spiro atoms. The first-order valence-electron chi connectivity index (χ1n) is 10.7. The van der Waals surface area contributed by atoms with Gasteiger partial charge in [-0.3, -0.25) is 14.8 Å². The van der Waals surface area contributed by atoms with E-state index in [0.29, 0.717) is 11.6 Å². The van der Waals surface area contributed by atoms with Crippen LogP contribution in [0.4, 0.5) is 0 Å². The highest BCUT2D eigenvalue weighted by molar-refractivity contribution is 5.94. The summed E-state index contributed by atoms with van der Waals surface area (Å²) in [6, 6.07) is 16.5. The molecule has 1 aromatic carbocycles. The zero-order valence-corrected chi connectivity index (χ0v) is 17.2. The van der Waals surface area contributed by atoms with Gasteiger partial charge in [0.1, 0.15) is 0 Å². The van der Waals surface area contributed by atoms with E-state index in [1.54, 1.807) is 12.4 Å². The molecule has 1 amide bonds. The SMILES string of the molecule is O=C(NC1CCCCC1)c1ccc(-c2ccc(CNCc3cccnc3)cc2)nc1. The van der Waals surface area contributed by atoms with Gasteiger partial charge in [-0.1, -0.05) is 49.6 Å². The number of pyridine rings is 2. The van der Waals surface area contributed by atoms with Crippen molar-refractivity contribution in [2.45, 2.75) is 51.2 Å². The third-order valence-corrected chi connectivity index (χ3v) is 5.60. The fourth-order valence-electron chi connectivity index (χ4n) is 3.86. The lowest BCUT2D eigenvalue weighted by atomic mass is 9.95. The number of hydrogen-bond acceptors (Lipinski definition) is 4. The fourth-order valence-corrected chi connectivity index (χ4v) is 3.86. The summed E-state index contributed by atoms with van der Waals surface area (Å²) >= 11 is 0. The van der Waals surface area contributed by atoms with Crippen molar-refractivity contribution < 1.29 is 4.79 Å². The normalized spacial score (nSPS) is 14.4. The van der Waals surface area contributed by atoms with Crippen molar-refractivity contribution in [1.82, 2.24) is 20.6 Å². The number of carbonyl (C=O) groups is 1. The fraction of sp³-hybridized carbons (Fsp3) is 0.320. The largest absolute Gasteiger partial charge is 0.349 e. The van der Waals surface area contributed by atoms with Gasteiger partial charge in [0, 0.05) is 43.3 Å². The van der Waals surface area contributed by atoms with Crippen LogP contribution in [0, 0.1) is 0 Å². The van der Waals surface area contributed by atoms with Crippen LogP contribution in [0.5, 0.6) is 0 Å². The molecule has 1 saturated carbocycles. The van der Waals surface area contributed by atoms with Crippen molar-refractivity contribution >= 4 is 5.91 Å². The topological polar surface area (TPSA) is 66.9 Å². The molecule has 0 bridgehead atoms. The van der Waals surface area contributed by atoms with Crippen molar-refractivity contribution in [2.75, 3.05) is 0 Å². The average Bonchev–Trinajstić information content (AvgIpc) is 2.81. The van der Waals surface area contributed by atoms with Crippen molar-refractivity contribution in [1.29, 1.82) is 0 Å². The lowest BCUT2D eigenvalue weighted by molar-refractivity contribution is 0.0927. The molecule has 0 radical (unpaired) electrons. The maximum absolute atomic E-state index is 12.4. The molecule has 0 saturated heterocycles. The van der Waals surface area contributed by atoms with Gasteiger partial charge in [-0.2, -0.15) is 0 Å². The number of benzene rings is 1. The van der Waals surface area contributed by atoms with Gasteiger partial charge in [0.2, 0.25) is 0 Å². The molecule has 5 nitrogen and oxygen atoms in total. The quantitative estimate of drug-likeness (QED) is 0.613. The highest BCUT2D eigenvalue weighted by atomic mass is 16.1. The van der Waals surface area contributed by atoms with E-state index in [-0.39, 0.29) is 5.91 Å². The predicted molar refractivity (Wildman–Crippen MR) is 119 cm³/mol. The Balaban J connectivity index is 1.30. The van der Waals surface area contributed by atoms with Crippen molar-refractivity contribution in [2.24, 2.45) is 0 Å². The number of aromatic nitrogens is 2. The summed E-state index contributed by atoms with van der Waals surface area (Å²) in [6.07, 6.45) is 11.2. The minimum Gasteiger partial charge on any atom is -0.349 e. The Bertz CT molecular complexity index is 933. The standard InChI is InChI=1S/C25H28N4O/c30-25(29-23-6-2-1-3-7-23)22-12-13-24(28-18-22)21-10-8-19(9-11-21)15-27-17-20-5-4-14-26-16-20/h4-5,8-14,16,18,23,27H,1-3,6-7,15,17H2,(H,29,30). The predicted octanol–water partition coefficient (Wildman–Crippen LogP) is 4.50. The van der Waals surface area contributed by atoms with Gasteiger partial charge in [-0.05, 0) is 42.2 Å². The first kappa shape index (κ1) is 20.2. The molecular formula is C25H28N4O. The second-order valence-electron chi connectivity index (χ2n) is 7.90. The zero-order chi connectivity index (χ0) is 20.6. The van der Waals surface area contributed by atoms with E-state index in [2.05, 4.69) is 50.9 Å². The van der Waals surface area contributed by atoms with Crippen LogP contribution in [-0.4, -0.2) is 21.9 Å². The Morgan fingerprint density at radius 3 is 2.40 bits per heavy atom. The van der Waals surface area contributed by atoms with Crippen LogP contribution in [0.2, 0.25) is 0 Å². The van der Waals surface area contributed by atoms with Crippen LogP contribution in [0.3, 0.4) is 0 Å². The minimum absolute atomic E-state index is 0.0176. The van der Waals surface area contributed by atoms with E-state index in [0.717, 1.165) is 37.2 Å². The van der Waals surface area contributed by atoms with Crippen LogP contribution >= 0.6 is 0 Å². The molecule has 30 heavy (non-hydrogen) atoms. The zero-order valence-electron chi connectivity index (χ0n) is 17.2. The minimum atomic E-state index is -0.0176. The molecule has 3 aromatic rings. The molecule has 0 aliphatic heterocycles. The van der Waals surface area contributed by atoms with Gasteiger partial charge < -0.3 is 10.6 Å². The molecule has 1 fully saturated rings. The van der Waals surface area contributed by atoms with Gasteiger partial charge in [-0.15, -0.1) is 0 Å². The first-order chi connectivity index (χ1) is 14.8. The van der Waals surface area contributed by atoms with E-state index >= 15 is 0 Å². The molecule has 4 rings (SSSR count). The maximum Gasteiger partial charge on any atom is 0.253 e. The van der Waals surface area contributed by atoms with E-state index in [1.165, 1.54) is 30.4 Å². The Kier molecular flexibility index (Phi) is 6.83. The van der Waals surface area contributed by atoms with E-state index in [4.69, 9.17) is 0 Å². The van der Waals surface area contributed by atoms with Crippen LogP contribution in [0.1, 0.15) is 53.6 Å².